The Morgan fingerprint density at radius 2 is 1.00 bits per heavy atom. The minimum Gasteiger partial charge on any atom is -0.392 e. The van der Waals surface area contributed by atoms with Crippen molar-refractivity contribution in [3.63, 3.8) is 0 Å². The zero-order valence-electron chi connectivity index (χ0n) is 19.4. The summed E-state index contributed by atoms with van der Waals surface area (Å²) >= 11 is 0. The number of aliphatic hydroxyl groups excluding tert-OH is 2. The predicted octanol–water partition coefficient (Wildman–Crippen LogP) is 6.48. The van der Waals surface area contributed by atoms with Crippen LogP contribution in [-0.2, 0) is 0 Å². The van der Waals surface area contributed by atoms with Crippen molar-refractivity contribution in [1.82, 2.24) is 4.90 Å². The largest absolute Gasteiger partial charge is 0.392 e. The van der Waals surface area contributed by atoms with Crippen LogP contribution < -0.4 is 0 Å². The highest BCUT2D eigenvalue weighted by molar-refractivity contribution is 4.81. The molecule has 0 aliphatic heterocycles. The molecule has 0 aromatic rings. The normalized spacial score (nSPS) is 14.2. The quantitative estimate of drug-likeness (QED) is 0.172. The van der Waals surface area contributed by atoms with Gasteiger partial charge in [0.05, 0.1) is 12.2 Å². The lowest BCUT2D eigenvalue weighted by Gasteiger charge is -2.24. The lowest BCUT2D eigenvalue weighted by molar-refractivity contribution is 0.0825. The van der Waals surface area contributed by atoms with E-state index in [1.165, 1.54) is 96.3 Å². The maximum atomic E-state index is 9.55. The van der Waals surface area contributed by atoms with Crippen molar-refractivity contribution < 1.29 is 10.2 Å². The third-order valence-corrected chi connectivity index (χ3v) is 5.28. The number of nitrogens with zero attached hydrogens (tertiary/aromatic N) is 1. The summed E-state index contributed by atoms with van der Waals surface area (Å²) in [7, 11) is 0. The van der Waals surface area contributed by atoms with Crippen LogP contribution in [0.2, 0.25) is 0 Å². The van der Waals surface area contributed by atoms with E-state index < -0.39 is 0 Å². The molecule has 0 rings (SSSR count). The number of unbranched alkanes of at least 4 members (excludes halogenated alkanes) is 13. The molecule has 0 spiro atoms. The first kappa shape index (κ1) is 27.6. The number of aliphatic hydroxyl groups is 2. The van der Waals surface area contributed by atoms with Crippen LogP contribution in [0.15, 0.2) is 12.2 Å². The fourth-order valence-electron chi connectivity index (χ4n) is 3.76. The minimum absolute atomic E-state index is 0.321. The van der Waals surface area contributed by atoms with Crippen LogP contribution in [-0.4, -0.2) is 47.0 Å². The molecular weight excluding hydrogens is 346 g/mol. The van der Waals surface area contributed by atoms with Crippen molar-refractivity contribution in [1.29, 1.82) is 0 Å². The van der Waals surface area contributed by atoms with E-state index >= 15 is 0 Å². The molecule has 2 N–H and O–H groups in total. The summed E-state index contributed by atoms with van der Waals surface area (Å²) in [4.78, 5) is 2.19. The van der Waals surface area contributed by atoms with Crippen LogP contribution in [0.5, 0.6) is 0 Å². The molecule has 0 saturated heterocycles. The Labute approximate surface area is 176 Å². The van der Waals surface area contributed by atoms with Gasteiger partial charge in [0, 0.05) is 13.1 Å². The topological polar surface area (TPSA) is 43.7 Å². The molecule has 0 aliphatic carbocycles. The monoisotopic (exact) mass is 397 g/mol. The zero-order chi connectivity index (χ0) is 20.9. The van der Waals surface area contributed by atoms with Gasteiger partial charge < -0.3 is 10.2 Å². The predicted molar refractivity (Wildman–Crippen MR) is 124 cm³/mol. The van der Waals surface area contributed by atoms with Gasteiger partial charge >= 0.3 is 0 Å². The van der Waals surface area contributed by atoms with Crippen LogP contribution in [0.1, 0.15) is 117 Å². The van der Waals surface area contributed by atoms with Crippen molar-refractivity contribution in [3.8, 4) is 0 Å². The molecule has 0 aromatic carbocycles. The fourth-order valence-corrected chi connectivity index (χ4v) is 3.76. The number of rotatable bonds is 21. The van der Waals surface area contributed by atoms with Gasteiger partial charge in [-0.1, -0.05) is 83.3 Å². The molecule has 0 bridgehead atoms. The van der Waals surface area contributed by atoms with Crippen LogP contribution in [0.4, 0.5) is 0 Å². The number of allylic oxidation sites excluding steroid dienone is 2. The molecule has 0 radical (unpaired) electrons. The highest BCUT2D eigenvalue weighted by atomic mass is 16.3. The first-order valence-corrected chi connectivity index (χ1v) is 12.3. The molecule has 168 valence electrons. The van der Waals surface area contributed by atoms with Crippen LogP contribution in [0.3, 0.4) is 0 Å². The molecule has 3 heteroatoms. The average molecular weight is 398 g/mol. The molecule has 28 heavy (non-hydrogen) atoms. The minimum atomic E-state index is -0.321. The van der Waals surface area contributed by atoms with Gasteiger partial charge in [-0.25, -0.2) is 0 Å². The van der Waals surface area contributed by atoms with Crippen molar-refractivity contribution in [3.05, 3.63) is 12.2 Å². The van der Waals surface area contributed by atoms with Crippen LogP contribution >= 0.6 is 0 Å². The first-order chi connectivity index (χ1) is 13.6. The van der Waals surface area contributed by atoms with E-state index in [2.05, 4.69) is 24.0 Å². The van der Waals surface area contributed by atoms with Crippen molar-refractivity contribution in [2.45, 2.75) is 129 Å². The Morgan fingerprint density at radius 3 is 1.43 bits per heavy atom. The highest BCUT2D eigenvalue weighted by Gasteiger charge is 2.10. The van der Waals surface area contributed by atoms with E-state index in [0.717, 1.165) is 6.54 Å². The second-order valence-electron chi connectivity index (χ2n) is 8.75. The van der Waals surface area contributed by atoms with Gasteiger partial charge in [0.15, 0.2) is 0 Å². The van der Waals surface area contributed by atoms with E-state index in [-0.39, 0.29) is 12.2 Å². The standard InChI is InChI=1S/C25H51NO2/c1-4-5-6-7-8-9-10-11-12-13-14-15-16-17-18-19-20-21-26(22-24(2)27)23-25(3)28/h11-12,24-25,27-28H,4-10,13-23H2,1-3H3/b12-11-. The smallest absolute Gasteiger partial charge is 0.0639 e. The van der Waals surface area contributed by atoms with Gasteiger partial charge in [-0.05, 0) is 52.5 Å². The maximum absolute atomic E-state index is 9.55. The molecule has 3 nitrogen and oxygen atoms in total. The zero-order valence-corrected chi connectivity index (χ0v) is 19.4. The van der Waals surface area contributed by atoms with Crippen LogP contribution in [0, 0.1) is 0 Å². The summed E-state index contributed by atoms with van der Waals surface area (Å²) in [5.74, 6) is 0. The Balaban J connectivity index is 3.37. The number of hydrogen-bond donors (Lipinski definition) is 2. The fraction of sp³-hybridized carbons (Fsp3) is 0.920. The van der Waals surface area contributed by atoms with E-state index in [4.69, 9.17) is 0 Å². The van der Waals surface area contributed by atoms with E-state index in [1.807, 2.05) is 13.8 Å². The second-order valence-corrected chi connectivity index (χ2v) is 8.75. The van der Waals surface area contributed by atoms with Gasteiger partial charge in [-0.2, -0.15) is 0 Å². The summed E-state index contributed by atoms with van der Waals surface area (Å²) < 4.78 is 0. The van der Waals surface area contributed by atoms with E-state index in [9.17, 15) is 10.2 Å². The summed E-state index contributed by atoms with van der Waals surface area (Å²) in [6, 6.07) is 0. The van der Waals surface area contributed by atoms with Gasteiger partial charge in [0.25, 0.3) is 0 Å². The summed E-state index contributed by atoms with van der Waals surface area (Å²) in [5.41, 5.74) is 0. The SMILES string of the molecule is CCCCCCCC/C=C\CCCCCCCCCN(CC(C)O)CC(C)O. The van der Waals surface area contributed by atoms with Gasteiger partial charge in [-0.3, -0.25) is 4.90 Å². The Morgan fingerprint density at radius 1 is 0.607 bits per heavy atom. The molecule has 0 aromatic heterocycles. The third kappa shape index (κ3) is 21.9. The van der Waals surface area contributed by atoms with Gasteiger partial charge in [-0.15, -0.1) is 0 Å². The van der Waals surface area contributed by atoms with Crippen molar-refractivity contribution in [2.24, 2.45) is 0 Å². The van der Waals surface area contributed by atoms with Crippen molar-refractivity contribution in [2.75, 3.05) is 19.6 Å². The second kappa shape index (κ2) is 21.3. The molecular formula is C25H51NO2. The Bertz CT molecular complexity index is 319. The summed E-state index contributed by atoms with van der Waals surface area (Å²) in [6.45, 7) is 8.23. The maximum Gasteiger partial charge on any atom is 0.0639 e. The molecule has 0 aliphatic rings. The summed E-state index contributed by atoms with van der Waals surface area (Å²) in [6.07, 6.45) is 24.2. The molecule has 0 saturated carbocycles. The third-order valence-electron chi connectivity index (χ3n) is 5.28. The number of hydrogen-bond acceptors (Lipinski definition) is 3. The molecule has 0 amide bonds. The molecule has 2 atom stereocenters. The molecule has 2 unspecified atom stereocenters. The first-order valence-electron chi connectivity index (χ1n) is 12.3. The lowest BCUT2D eigenvalue weighted by Crippen LogP contribution is -2.36. The Hall–Kier alpha value is -0.380. The summed E-state index contributed by atoms with van der Waals surface area (Å²) in [5, 5.41) is 19.1. The van der Waals surface area contributed by atoms with E-state index in [1.54, 1.807) is 0 Å². The van der Waals surface area contributed by atoms with Crippen molar-refractivity contribution >= 4 is 0 Å². The lowest BCUT2D eigenvalue weighted by atomic mass is 10.1. The Kier molecular flexibility index (Phi) is 21.0. The van der Waals surface area contributed by atoms with E-state index in [0.29, 0.717) is 13.1 Å². The molecule has 0 fully saturated rings. The van der Waals surface area contributed by atoms with Gasteiger partial charge in [0.1, 0.15) is 0 Å². The van der Waals surface area contributed by atoms with Crippen LogP contribution in [0.25, 0.3) is 0 Å². The average Bonchev–Trinajstić information content (AvgIpc) is 2.63. The highest BCUT2D eigenvalue weighted by Crippen LogP contribution is 2.11. The molecule has 0 heterocycles. The van der Waals surface area contributed by atoms with Gasteiger partial charge in [0.2, 0.25) is 0 Å².